The lowest BCUT2D eigenvalue weighted by molar-refractivity contribution is -0.119. The first-order valence-electron chi connectivity index (χ1n) is 7.09. The van der Waals surface area contributed by atoms with Gasteiger partial charge in [0.25, 0.3) is 5.91 Å². The molecule has 2 aromatic rings. The Kier molecular flexibility index (Phi) is 3.90. The van der Waals surface area contributed by atoms with E-state index in [1.165, 1.54) is 19.5 Å². The number of carbonyl (C=O) groups is 2. The fraction of sp³-hybridized carbons (Fsp3) is 0.429. The van der Waals surface area contributed by atoms with E-state index < -0.39 is 0 Å². The van der Waals surface area contributed by atoms with Crippen LogP contribution in [0.5, 0.6) is 0 Å². The summed E-state index contributed by atoms with van der Waals surface area (Å²) >= 11 is 0. The van der Waals surface area contributed by atoms with Gasteiger partial charge < -0.3 is 19.6 Å². The van der Waals surface area contributed by atoms with E-state index in [4.69, 9.17) is 4.42 Å². The lowest BCUT2D eigenvalue weighted by Gasteiger charge is -2.13. The van der Waals surface area contributed by atoms with Gasteiger partial charge in [-0.2, -0.15) is 0 Å². The first-order valence-corrected chi connectivity index (χ1v) is 7.09. The van der Waals surface area contributed by atoms with Crippen molar-refractivity contribution in [1.29, 1.82) is 0 Å². The summed E-state index contributed by atoms with van der Waals surface area (Å²) in [5.74, 6) is 1.03. The third-order valence-electron chi connectivity index (χ3n) is 3.68. The molecule has 1 fully saturated rings. The van der Waals surface area contributed by atoms with Crippen molar-refractivity contribution in [2.45, 2.75) is 25.8 Å². The number of hydrogen-bond donors (Lipinski definition) is 2. The molecule has 0 radical (unpaired) electrons. The van der Waals surface area contributed by atoms with E-state index in [1.54, 1.807) is 11.1 Å². The molecule has 2 N–H and O–H groups in total. The zero-order chi connectivity index (χ0) is 15.5. The molecule has 8 nitrogen and oxygen atoms in total. The number of rotatable bonds is 4. The highest BCUT2D eigenvalue weighted by molar-refractivity contribution is 5.91. The molecule has 2 amide bonds. The molecule has 1 saturated heterocycles. The maximum absolute atomic E-state index is 12.2. The standard InChI is InChI=1S/C14H17N5O3/c1-9(20)16-4-11-5-17-13(18-11)10-2-3-19(7-10)14(21)12-6-15-8-22-12/h5-6,8,10H,2-4,7H2,1H3,(H,16,20)(H,17,18)/t10-/m1/s1. The molecule has 0 bridgehead atoms. The lowest BCUT2D eigenvalue weighted by Crippen LogP contribution is -2.28. The van der Waals surface area contributed by atoms with Crippen molar-refractivity contribution in [3.05, 3.63) is 36.1 Å². The third kappa shape index (κ3) is 3.00. The molecule has 116 valence electrons. The Morgan fingerprint density at radius 2 is 2.36 bits per heavy atom. The zero-order valence-electron chi connectivity index (χ0n) is 12.2. The van der Waals surface area contributed by atoms with E-state index in [1.807, 2.05) is 0 Å². The predicted molar refractivity (Wildman–Crippen MR) is 75.9 cm³/mol. The molecular weight excluding hydrogens is 286 g/mol. The Bertz CT molecular complexity index is 664. The zero-order valence-corrected chi connectivity index (χ0v) is 12.2. The Morgan fingerprint density at radius 1 is 1.50 bits per heavy atom. The van der Waals surface area contributed by atoms with Crippen LogP contribution in [0.25, 0.3) is 0 Å². The molecule has 8 heteroatoms. The third-order valence-corrected chi connectivity index (χ3v) is 3.68. The number of hydrogen-bond acceptors (Lipinski definition) is 5. The van der Waals surface area contributed by atoms with Crippen molar-refractivity contribution < 1.29 is 14.0 Å². The van der Waals surface area contributed by atoms with Gasteiger partial charge in [0.15, 0.2) is 6.39 Å². The molecule has 1 aliphatic rings. The lowest BCUT2D eigenvalue weighted by atomic mass is 10.1. The van der Waals surface area contributed by atoms with Gasteiger partial charge in [-0.3, -0.25) is 9.59 Å². The van der Waals surface area contributed by atoms with E-state index in [-0.39, 0.29) is 23.5 Å². The van der Waals surface area contributed by atoms with Crippen LogP contribution in [-0.2, 0) is 11.3 Å². The van der Waals surface area contributed by atoms with Crippen LogP contribution in [-0.4, -0.2) is 44.8 Å². The molecule has 3 heterocycles. The highest BCUT2D eigenvalue weighted by Gasteiger charge is 2.30. The summed E-state index contributed by atoms with van der Waals surface area (Å²) < 4.78 is 5.04. The molecule has 1 atom stereocenters. The topological polar surface area (TPSA) is 104 Å². The minimum absolute atomic E-state index is 0.0826. The molecule has 0 spiro atoms. The first kappa shape index (κ1) is 14.3. The largest absolute Gasteiger partial charge is 0.438 e. The van der Waals surface area contributed by atoms with E-state index in [9.17, 15) is 9.59 Å². The molecule has 0 aromatic carbocycles. The Morgan fingerprint density at radius 3 is 3.09 bits per heavy atom. The van der Waals surface area contributed by atoms with Crippen molar-refractivity contribution in [2.75, 3.05) is 13.1 Å². The van der Waals surface area contributed by atoms with E-state index in [2.05, 4.69) is 20.3 Å². The summed E-state index contributed by atoms with van der Waals surface area (Å²) in [6.45, 7) is 3.15. The minimum Gasteiger partial charge on any atom is -0.438 e. The number of aromatic nitrogens is 3. The summed E-state index contributed by atoms with van der Waals surface area (Å²) in [6.07, 6.45) is 5.23. The average molecular weight is 303 g/mol. The fourth-order valence-corrected chi connectivity index (χ4v) is 2.54. The second-order valence-electron chi connectivity index (χ2n) is 5.31. The van der Waals surface area contributed by atoms with Crippen molar-refractivity contribution >= 4 is 11.8 Å². The van der Waals surface area contributed by atoms with E-state index >= 15 is 0 Å². The molecule has 3 rings (SSSR count). The minimum atomic E-state index is -0.148. The fourth-order valence-electron chi connectivity index (χ4n) is 2.54. The SMILES string of the molecule is CC(=O)NCc1cnc([C@@H]2CCN(C(=O)c3cnco3)C2)[nH]1. The summed E-state index contributed by atoms with van der Waals surface area (Å²) in [6, 6.07) is 0. The maximum Gasteiger partial charge on any atom is 0.291 e. The second-order valence-corrected chi connectivity index (χ2v) is 5.31. The van der Waals surface area contributed by atoms with Crippen LogP contribution in [0.15, 0.2) is 23.2 Å². The average Bonchev–Trinajstić information content (AvgIpc) is 3.23. The predicted octanol–water partition coefficient (Wildman–Crippen LogP) is 0.663. The Hall–Kier alpha value is -2.64. The van der Waals surface area contributed by atoms with Gasteiger partial charge in [-0.15, -0.1) is 0 Å². The number of imidazole rings is 1. The number of nitrogens with one attached hydrogen (secondary N) is 2. The summed E-state index contributed by atoms with van der Waals surface area (Å²) in [7, 11) is 0. The van der Waals surface area contributed by atoms with Gasteiger partial charge in [0.1, 0.15) is 5.82 Å². The van der Waals surface area contributed by atoms with Gasteiger partial charge in [-0.1, -0.05) is 0 Å². The Labute approximate surface area is 126 Å². The van der Waals surface area contributed by atoms with Gasteiger partial charge in [0.05, 0.1) is 24.6 Å². The number of amides is 2. The van der Waals surface area contributed by atoms with Crippen molar-refractivity contribution in [3.63, 3.8) is 0 Å². The first-order chi connectivity index (χ1) is 10.6. The van der Waals surface area contributed by atoms with Gasteiger partial charge in [0, 0.05) is 25.9 Å². The van der Waals surface area contributed by atoms with E-state index in [0.717, 1.165) is 17.9 Å². The van der Waals surface area contributed by atoms with Crippen LogP contribution in [0.1, 0.15) is 41.3 Å². The molecule has 0 unspecified atom stereocenters. The number of oxazole rings is 1. The van der Waals surface area contributed by atoms with Crippen LogP contribution < -0.4 is 5.32 Å². The van der Waals surface area contributed by atoms with Crippen molar-refractivity contribution in [3.8, 4) is 0 Å². The maximum atomic E-state index is 12.2. The molecule has 2 aromatic heterocycles. The number of likely N-dealkylation sites (tertiary alicyclic amines) is 1. The van der Waals surface area contributed by atoms with Gasteiger partial charge >= 0.3 is 0 Å². The Balaban J connectivity index is 1.60. The van der Waals surface area contributed by atoms with Gasteiger partial charge in [-0.05, 0) is 6.42 Å². The summed E-state index contributed by atoms with van der Waals surface area (Å²) in [4.78, 5) is 36.1. The highest BCUT2D eigenvalue weighted by Crippen LogP contribution is 2.26. The van der Waals surface area contributed by atoms with Crippen molar-refractivity contribution in [2.24, 2.45) is 0 Å². The molecule has 0 aliphatic carbocycles. The molecule has 0 saturated carbocycles. The van der Waals surface area contributed by atoms with Crippen molar-refractivity contribution in [1.82, 2.24) is 25.2 Å². The number of aromatic amines is 1. The normalized spacial score (nSPS) is 17.7. The van der Waals surface area contributed by atoms with E-state index in [0.29, 0.717) is 19.6 Å². The van der Waals surface area contributed by atoms with Crippen LogP contribution >= 0.6 is 0 Å². The number of nitrogens with zero attached hydrogens (tertiary/aromatic N) is 3. The summed E-state index contributed by atoms with van der Waals surface area (Å²) in [5.41, 5.74) is 0.852. The quantitative estimate of drug-likeness (QED) is 0.863. The smallest absolute Gasteiger partial charge is 0.291 e. The summed E-state index contributed by atoms with van der Waals surface area (Å²) in [5, 5.41) is 2.72. The highest BCUT2D eigenvalue weighted by atomic mass is 16.3. The number of H-pyrrole nitrogens is 1. The van der Waals surface area contributed by atoms with Crippen LogP contribution in [0.2, 0.25) is 0 Å². The van der Waals surface area contributed by atoms with Crippen LogP contribution in [0, 0.1) is 0 Å². The molecular formula is C14H17N5O3. The second kappa shape index (κ2) is 6.00. The van der Waals surface area contributed by atoms with Gasteiger partial charge in [-0.25, -0.2) is 9.97 Å². The number of carbonyl (C=O) groups excluding carboxylic acids is 2. The molecule has 1 aliphatic heterocycles. The monoisotopic (exact) mass is 303 g/mol. The van der Waals surface area contributed by atoms with Crippen LogP contribution in [0.4, 0.5) is 0 Å². The molecule has 22 heavy (non-hydrogen) atoms. The van der Waals surface area contributed by atoms with Gasteiger partial charge in [0.2, 0.25) is 11.7 Å². The van der Waals surface area contributed by atoms with Crippen LogP contribution in [0.3, 0.4) is 0 Å².